The van der Waals surface area contributed by atoms with E-state index in [2.05, 4.69) is 10.3 Å². The summed E-state index contributed by atoms with van der Waals surface area (Å²) in [7, 11) is 1.80. The fourth-order valence-electron chi connectivity index (χ4n) is 4.23. The predicted octanol–water partition coefficient (Wildman–Crippen LogP) is 2.67. The van der Waals surface area contributed by atoms with E-state index in [1.165, 1.54) is 6.07 Å². The molecule has 4 nitrogen and oxygen atoms in total. The Morgan fingerprint density at radius 1 is 1.21 bits per heavy atom. The van der Waals surface area contributed by atoms with Crippen molar-refractivity contribution in [1.82, 2.24) is 10.3 Å². The third kappa shape index (κ3) is 1.48. The first kappa shape index (κ1) is 13.7. The molecule has 0 saturated carbocycles. The molecule has 1 spiro atoms. The van der Waals surface area contributed by atoms with E-state index < -0.39 is 5.54 Å². The number of nitrogens with one attached hydrogen (secondary N) is 2. The molecule has 0 radical (unpaired) electrons. The van der Waals surface area contributed by atoms with Crippen molar-refractivity contribution in [2.24, 2.45) is 0 Å². The molecule has 0 aliphatic carbocycles. The van der Waals surface area contributed by atoms with Gasteiger partial charge in [0.05, 0.1) is 5.69 Å². The normalized spacial score (nSPS) is 22.2. The molecule has 1 atom stereocenters. The van der Waals surface area contributed by atoms with E-state index in [0.29, 0.717) is 6.54 Å². The number of anilines is 1. The summed E-state index contributed by atoms with van der Waals surface area (Å²) in [4.78, 5) is 18.3. The number of hydrogen-bond acceptors (Lipinski definition) is 2. The molecule has 2 aromatic carbocycles. The fourth-order valence-corrected chi connectivity index (χ4v) is 4.23. The van der Waals surface area contributed by atoms with Crippen LogP contribution in [0.4, 0.5) is 10.1 Å². The van der Waals surface area contributed by atoms with Crippen molar-refractivity contribution in [1.29, 1.82) is 0 Å². The van der Waals surface area contributed by atoms with Crippen molar-refractivity contribution < 1.29 is 9.18 Å². The monoisotopic (exact) mass is 321 g/mol. The molecule has 1 amide bonds. The number of hydrogen-bond donors (Lipinski definition) is 2. The van der Waals surface area contributed by atoms with Crippen molar-refractivity contribution in [2.75, 3.05) is 18.5 Å². The molecule has 3 heterocycles. The number of nitrogens with zero attached hydrogens (tertiary/aromatic N) is 1. The van der Waals surface area contributed by atoms with E-state index in [1.54, 1.807) is 24.1 Å². The first-order valence-corrected chi connectivity index (χ1v) is 8.06. The van der Waals surface area contributed by atoms with Crippen LogP contribution >= 0.6 is 0 Å². The van der Waals surface area contributed by atoms with Crippen molar-refractivity contribution in [3.05, 3.63) is 65.1 Å². The molecule has 0 unspecified atom stereocenters. The molecule has 1 aromatic heterocycles. The van der Waals surface area contributed by atoms with E-state index >= 15 is 0 Å². The highest BCUT2D eigenvalue weighted by atomic mass is 19.1. The number of carbonyl (C=O) groups is 1. The Bertz CT molecular complexity index is 1010. The summed E-state index contributed by atoms with van der Waals surface area (Å²) in [5.41, 5.74) is 3.69. The van der Waals surface area contributed by atoms with Gasteiger partial charge in [-0.2, -0.15) is 0 Å². The second kappa shape index (κ2) is 4.45. The van der Waals surface area contributed by atoms with Crippen LogP contribution in [0.15, 0.2) is 42.5 Å². The topological polar surface area (TPSA) is 48.1 Å². The van der Waals surface area contributed by atoms with Crippen LogP contribution in [0, 0.1) is 5.82 Å². The van der Waals surface area contributed by atoms with Gasteiger partial charge in [-0.15, -0.1) is 0 Å². The standard InChI is InChI=1S/C19H16FN3O/c1-23-16-5-3-2-4-14(16)19(18(23)24)17-12(8-9-21-19)13-10-11(20)6-7-15(13)22-17/h2-7,10,21-22H,8-9H2,1H3/t19-/m1/s1. The second-order valence-corrected chi connectivity index (χ2v) is 6.48. The number of rotatable bonds is 0. The Labute approximate surface area is 138 Å². The third-order valence-electron chi connectivity index (χ3n) is 5.30. The number of benzene rings is 2. The number of carbonyl (C=O) groups excluding carboxylic acids is 1. The van der Waals surface area contributed by atoms with Crippen LogP contribution < -0.4 is 10.2 Å². The molecule has 3 aromatic rings. The first-order valence-electron chi connectivity index (χ1n) is 8.06. The number of halogens is 1. The predicted molar refractivity (Wildman–Crippen MR) is 90.6 cm³/mol. The Morgan fingerprint density at radius 3 is 2.92 bits per heavy atom. The number of aromatic nitrogens is 1. The number of fused-ring (bicyclic) bond motifs is 6. The minimum Gasteiger partial charge on any atom is -0.356 e. The molecule has 2 aliphatic heterocycles. The quantitative estimate of drug-likeness (QED) is 0.669. The lowest BCUT2D eigenvalue weighted by molar-refractivity contribution is -0.122. The van der Waals surface area contributed by atoms with Crippen LogP contribution in [0.25, 0.3) is 10.9 Å². The highest BCUT2D eigenvalue weighted by Crippen LogP contribution is 2.47. The Kier molecular flexibility index (Phi) is 2.55. The SMILES string of the molecule is CN1C(=O)[C@@]2(NCCc3c2[nH]c2ccc(F)cc32)c2ccccc21. The minimum absolute atomic E-state index is 0.00308. The summed E-state index contributed by atoms with van der Waals surface area (Å²) in [6, 6.07) is 12.6. The van der Waals surface area contributed by atoms with E-state index in [-0.39, 0.29) is 11.7 Å². The van der Waals surface area contributed by atoms with E-state index in [9.17, 15) is 9.18 Å². The molecule has 0 bridgehead atoms. The van der Waals surface area contributed by atoms with Gasteiger partial charge in [0, 0.05) is 35.7 Å². The first-order chi connectivity index (χ1) is 11.6. The van der Waals surface area contributed by atoms with Crippen molar-refractivity contribution >= 4 is 22.5 Å². The maximum Gasteiger partial charge on any atom is 0.257 e. The van der Waals surface area contributed by atoms with Gasteiger partial charge in [-0.25, -0.2) is 4.39 Å². The van der Waals surface area contributed by atoms with Gasteiger partial charge in [-0.1, -0.05) is 18.2 Å². The van der Waals surface area contributed by atoms with Crippen LogP contribution in [-0.4, -0.2) is 24.5 Å². The molecular formula is C19H16FN3O. The van der Waals surface area contributed by atoms with Gasteiger partial charge in [0.15, 0.2) is 5.54 Å². The van der Waals surface area contributed by atoms with Crippen LogP contribution in [0.3, 0.4) is 0 Å². The van der Waals surface area contributed by atoms with Gasteiger partial charge in [-0.3, -0.25) is 10.1 Å². The summed E-state index contributed by atoms with van der Waals surface area (Å²) in [5.74, 6) is -0.260. The highest BCUT2D eigenvalue weighted by Gasteiger charge is 2.54. The summed E-state index contributed by atoms with van der Waals surface area (Å²) in [5, 5.41) is 4.31. The Hall–Kier alpha value is -2.66. The van der Waals surface area contributed by atoms with Gasteiger partial charge in [0.2, 0.25) is 0 Å². The van der Waals surface area contributed by atoms with E-state index in [4.69, 9.17) is 0 Å². The van der Waals surface area contributed by atoms with Gasteiger partial charge in [0.1, 0.15) is 5.82 Å². The second-order valence-electron chi connectivity index (χ2n) is 6.48. The largest absolute Gasteiger partial charge is 0.356 e. The summed E-state index contributed by atoms with van der Waals surface area (Å²) in [6.07, 6.45) is 0.764. The van der Waals surface area contributed by atoms with Gasteiger partial charge >= 0.3 is 0 Å². The number of likely N-dealkylation sites (N-methyl/N-ethyl adjacent to an activating group) is 1. The minimum atomic E-state index is -0.908. The van der Waals surface area contributed by atoms with E-state index in [0.717, 1.165) is 39.8 Å². The Morgan fingerprint density at radius 2 is 2.04 bits per heavy atom. The zero-order valence-corrected chi connectivity index (χ0v) is 13.2. The van der Waals surface area contributed by atoms with Crippen LogP contribution in [0.5, 0.6) is 0 Å². The van der Waals surface area contributed by atoms with Crippen LogP contribution in [0.1, 0.15) is 16.8 Å². The maximum atomic E-state index is 13.7. The summed E-state index contributed by atoms with van der Waals surface area (Å²) in [6.45, 7) is 0.671. The molecule has 120 valence electrons. The fraction of sp³-hybridized carbons (Fsp3) is 0.211. The Balaban J connectivity index is 1.87. The number of aromatic amines is 1. The third-order valence-corrected chi connectivity index (χ3v) is 5.30. The number of para-hydroxylation sites is 1. The highest BCUT2D eigenvalue weighted by molar-refractivity contribution is 6.10. The lowest BCUT2D eigenvalue weighted by Gasteiger charge is -2.33. The zero-order chi connectivity index (χ0) is 16.5. The van der Waals surface area contributed by atoms with Crippen molar-refractivity contribution in [2.45, 2.75) is 12.0 Å². The molecule has 5 rings (SSSR count). The maximum absolute atomic E-state index is 13.7. The average molecular weight is 321 g/mol. The molecule has 24 heavy (non-hydrogen) atoms. The van der Waals surface area contributed by atoms with Crippen LogP contribution in [0.2, 0.25) is 0 Å². The number of amides is 1. The summed E-state index contributed by atoms with van der Waals surface area (Å²) >= 11 is 0. The van der Waals surface area contributed by atoms with Crippen molar-refractivity contribution in [3.8, 4) is 0 Å². The van der Waals surface area contributed by atoms with Gasteiger partial charge in [0.25, 0.3) is 5.91 Å². The van der Waals surface area contributed by atoms with E-state index in [1.807, 2.05) is 24.3 Å². The smallest absolute Gasteiger partial charge is 0.257 e. The van der Waals surface area contributed by atoms with Crippen LogP contribution in [-0.2, 0) is 16.8 Å². The molecule has 5 heteroatoms. The lowest BCUT2D eigenvalue weighted by atomic mass is 9.82. The molecule has 0 saturated heterocycles. The number of H-pyrrole nitrogens is 1. The average Bonchev–Trinajstić information content (AvgIpc) is 3.07. The molecule has 0 fully saturated rings. The zero-order valence-electron chi connectivity index (χ0n) is 13.2. The molecular weight excluding hydrogens is 305 g/mol. The van der Waals surface area contributed by atoms with Gasteiger partial charge < -0.3 is 9.88 Å². The molecule has 2 N–H and O–H groups in total. The van der Waals surface area contributed by atoms with Gasteiger partial charge in [-0.05, 0) is 36.2 Å². The molecule has 2 aliphatic rings. The van der Waals surface area contributed by atoms with Crippen molar-refractivity contribution in [3.63, 3.8) is 0 Å². The summed E-state index contributed by atoms with van der Waals surface area (Å²) < 4.78 is 13.7. The lowest BCUT2D eigenvalue weighted by Crippen LogP contribution is -2.54.